The average molecular weight is 560 g/mol. The van der Waals surface area contributed by atoms with Crippen molar-refractivity contribution in [2.75, 3.05) is 51.9 Å². The number of rotatable bonds is 11. The molecule has 2 aliphatic rings. The molecule has 2 aromatic carbocycles. The standard InChI is InChI=1S/C28H28F3N3O6/c1-37-24-13-19-21(14-25(24)39-17-28(30,31)15-34-8-10-38-11-9-34)32-7-4-22(19)40-23-3-2-18(12-20(23)29)33-26(36)27(16-35)5-6-27/h2-4,7,12-14,16H,5-6,8-11,15,17H2,1H3,(H,33,36). The number of aromatic nitrogens is 1. The van der Waals surface area contributed by atoms with Gasteiger partial charge in [0, 0.05) is 42.5 Å². The number of alkyl halides is 2. The highest BCUT2D eigenvalue weighted by Crippen LogP contribution is 2.44. The van der Waals surface area contributed by atoms with Gasteiger partial charge in [0.05, 0.1) is 32.4 Å². The summed E-state index contributed by atoms with van der Waals surface area (Å²) in [5.74, 6) is -3.95. The molecular formula is C28H28F3N3O6. The summed E-state index contributed by atoms with van der Waals surface area (Å²) in [7, 11) is 1.37. The van der Waals surface area contributed by atoms with Crippen molar-refractivity contribution in [3.05, 3.63) is 48.4 Å². The van der Waals surface area contributed by atoms with Crippen LogP contribution in [0.5, 0.6) is 23.0 Å². The number of ether oxygens (including phenoxy) is 4. The number of aldehydes is 1. The Balaban J connectivity index is 1.31. The van der Waals surface area contributed by atoms with Crippen LogP contribution in [0.2, 0.25) is 0 Å². The second kappa shape index (κ2) is 11.3. The number of carbonyl (C=O) groups is 2. The van der Waals surface area contributed by atoms with Crippen LogP contribution in [-0.4, -0.2) is 74.6 Å². The van der Waals surface area contributed by atoms with Crippen molar-refractivity contribution in [2.45, 2.75) is 18.8 Å². The predicted octanol–water partition coefficient (Wildman–Crippen LogP) is 4.44. The number of hydrogen-bond acceptors (Lipinski definition) is 8. The second-order valence-corrected chi connectivity index (χ2v) is 9.84. The zero-order valence-corrected chi connectivity index (χ0v) is 21.8. The Morgan fingerprint density at radius 3 is 2.58 bits per heavy atom. The van der Waals surface area contributed by atoms with Crippen LogP contribution < -0.4 is 19.5 Å². The molecule has 0 unspecified atom stereocenters. The third-order valence-electron chi connectivity index (χ3n) is 6.86. The minimum atomic E-state index is -3.11. The maximum absolute atomic E-state index is 14.9. The molecule has 1 aromatic heterocycles. The van der Waals surface area contributed by atoms with E-state index in [1.54, 1.807) is 4.90 Å². The number of halogens is 3. The van der Waals surface area contributed by atoms with Gasteiger partial charge in [-0.05, 0) is 37.1 Å². The molecule has 40 heavy (non-hydrogen) atoms. The van der Waals surface area contributed by atoms with Crippen LogP contribution in [0.3, 0.4) is 0 Å². The monoisotopic (exact) mass is 559 g/mol. The fourth-order valence-corrected chi connectivity index (χ4v) is 4.37. The van der Waals surface area contributed by atoms with E-state index in [4.69, 9.17) is 18.9 Å². The molecular weight excluding hydrogens is 531 g/mol. The van der Waals surface area contributed by atoms with Gasteiger partial charge in [-0.2, -0.15) is 0 Å². The lowest BCUT2D eigenvalue weighted by atomic mass is 10.1. The van der Waals surface area contributed by atoms with E-state index in [0.29, 0.717) is 56.3 Å². The van der Waals surface area contributed by atoms with Crippen LogP contribution in [0.25, 0.3) is 10.9 Å². The van der Waals surface area contributed by atoms with Crippen molar-refractivity contribution in [3.8, 4) is 23.0 Å². The van der Waals surface area contributed by atoms with E-state index in [2.05, 4.69) is 10.3 Å². The lowest BCUT2D eigenvalue weighted by molar-refractivity contribution is -0.126. The van der Waals surface area contributed by atoms with Crippen molar-refractivity contribution >= 4 is 28.8 Å². The van der Waals surface area contributed by atoms with Crippen LogP contribution >= 0.6 is 0 Å². The van der Waals surface area contributed by atoms with Gasteiger partial charge in [0.2, 0.25) is 5.91 Å². The molecule has 5 rings (SSSR count). The van der Waals surface area contributed by atoms with Crippen molar-refractivity contribution in [3.63, 3.8) is 0 Å². The molecule has 1 N–H and O–H groups in total. The van der Waals surface area contributed by atoms with E-state index >= 15 is 0 Å². The Bertz CT molecular complexity index is 1410. The quantitative estimate of drug-likeness (QED) is 0.272. The molecule has 9 nitrogen and oxygen atoms in total. The molecule has 1 saturated carbocycles. The second-order valence-electron chi connectivity index (χ2n) is 9.84. The minimum Gasteiger partial charge on any atom is -0.493 e. The number of nitrogens with one attached hydrogen (secondary N) is 1. The summed E-state index contributed by atoms with van der Waals surface area (Å²) in [6, 6.07) is 8.42. The highest BCUT2D eigenvalue weighted by Gasteiger charge is 2.50. The summed E-state index contributed by atoms with van der Waals surface area (Å²) >= 11 is 0. The number of methoxy groups -OCH3 is 1. The van der Waals surface area contributed by atoms with Crippen LogP contribution in [0.1, 0.15) is 12.8 Å². The third-order valence-corrected chi connectivity index (χ3v) is 6.86. The summed E-state index contributed by atoms with van der Waals surface area (Å²) in [6.45, 7) is 0.385. The first-order valence-corrected chi connectivity index (χ1v) is 12.7. The first-order chi connectivity index (χ1) is 19.2. The van der Waals surface area contributed by atoms with Crippen LogP contribution in [0, 0.1) is 11.2 Å². The van der Waals surface area contributed by atoms with Gasteiger partial charge in [-0.3, -0.25) is 14.7 Å². The molecule has 0 spiro atoms. The Morgan fingerprint density at radius 2 is 1.90 bits per heavy atom. The van der Waals surface area contributed by atoms with Gasteiger partial charge in [-0.25, -0.2) is 13.2 Å². The first-order valence-electron chi connectivity index (χ1n) is 12.7. The fraction of sp³-hybridized carbons (Fsp3) is 0.393. The SMILES string of the molecule is COc1cc2c(Oc3ccc(NC(=O)C4(C=O)CC4)cc3F)ccnc2cc1OCC(F)(F)CN1CCOCC1. The van der Waals surface area contributed by atoms with Gasteiger partial charge in [0.25, 0.3) is 5.92 Å². The summed E-state index contributed by atoms with van der Waals surface area (Å²) < 4.78 is 66.0. The zero-order chi connectivity index (χ0) is 28.3. The first kappa shape index (κ1) is 27.7. The van der Waals surface area contributed by atoms with Crippen molar-refractivity contribution < 1.29 is 41.7 Å². The minimum absolute atomic E-state index is 0.0799. The largest absolute Gasteiger partial charge is 0.493 e. The number of hydrogen-bond donors (Lipinski definition) is 1. The Hall–Kier alpha value is -3.90. The lowest BCUT2D eigenvalue weighted by Crippen LogP contribution is -2.45. The molecule has 2 heterocycles. The number of carbonyl (C=O) groups excluding carboxylic acids is 2. The fourth-order valence-electron chi connectivity index (χ4n) is 4.37. The molecule has 0 bridgehead atoms. The molecule has 1 amide bonds. The molecule has 1 saturated heterocycles. The van der Waals surface area contributed by atoms with Gasteiger partial charge in [-0.1, -0.05) is 0 Å². The highest BCUT2D eigenvalue weighted by atomic mass is 19.3. The van der Waals surface area contributed by atoms with Gasteiger partial charge in [0.1, 0.15) is 17.5 Å². The summed E-state index contributed by atoms with van der Waals surface area (Å²) in [5.41, 5.74) is -0.476. The van der Waals surface area contributed by atoms with Gasteiger partial charge in [-0.15, -0.1) is 0 Å². The van der Waals surface area contributed by atoms with E-state index in [-0.39, 0.29) is 28.7 Å². The van der Waals surface area contributed by atoms with Crippen molar-refractivity contribution in [1.29, 1.82) is 0 Å². The molecule has 2 fully saturated rings. The molecule has 1 aliphatic carbocycles. The van der Waals surface area contributed by atoms with Crippen molar-refractivity contribution in [2.24, 2.45) is 5.41 Å². The van der Waals surface area contributed by atoms with E-state index in [0.717, 1.165) is 6.07 Å². The lowest BCUT2D eigenvalue weighted by Gasteiger charge is -2.30. The number of anilines is 1. The number of fused-ring (bicyclic) bond motifs is 1. The highest BCUT2D eigenvalue weighted by molar-refractivity contribution is 6.07. The molecule has 12 heteroatoms. The molecule has 0 atom stereocenters. The van der Waals surface area contributed by atoms with Crippen molar-refractivity contribution in [1.82, 2.24) is 9.88 Å². The zero-order valence-electron chi connectivity index (χ0n) is 21.8. The molecule has 212 valence electrons. The average Bonchev–Trinajstić information content (AvgIpc) is 3.75. The van der Waals surface area contributed by atoms with Gasteiger partial charge < -0.3 is 29.1 Å². The van der Waals surface area contributed by atoms with E-state index < -0.39 is 36.2 Å². The Labute approximate surface area is 228 Å². The van der Waals surface area contributed by atoms with Crippen LogP contribution in [0.4, 0.5) is 18.9 Å². The molecule has 3 aromatic rings. The van der Waals surface area contributed by atoms with Gasteiger partial charge in [0.15, 0.2) is 29.7 Å². The van der Waals surface area contributed by atoms with E-state index in [9.17, 15) is 22.8 Å². The third kappa shape index (κ3) is 6.13. The molecule has 0 radical (unpaired) electrons. The smallest absolute Gasteiger partial charge is 0.293 e. The number of amides is 1. The van der Waals surface area contributed by atoms with Gasteiger partial charge >= 0.3 is 0 Å². The Morgan fingerprint density at radius 1 is 1.12 bits per heavy atom. The number of nitrogens with zero attached hydrogens (tertiary/aromatic N) is 2. The normalized spacial score (nSPS) is 16.8. The summed E-state index contributed by atoms with van der Waals surface area (Å²) in [5, 5.41) is 2.99. The summed E-state index contributed by atoms with van der Waals surface area (Å²) in [4.78, 5) is 29.3. The Kier molecular flexibility index (Phi) is 7.81. The predicted molar refractivity (Wildman–Crippen MR) is 139 cm³/mol. The van der Waals surface area contributed by atoms with Crippen LogP contribution in [-0.2, 0) is 14.3 Å². The maximum Gasteiger partial charge on any atom is 0.293 e. The number of benzene rings is 2. The van der Waals surface area contributed by atoms with E-state index in [1.165, 1.54) is 43.6 Å². The number of pyridine rings is 1. The molecule has 1 aliphatic heterocycles. The number of morpholine rings is 1. The maximum atomic E-state index is 14.9. The topological polar surface area (TPSA) is 99.2 Å². The van der Waals surface area contributed by atoms with E-state index in [1.807, 2.05) is 0 Å². The summed E-state index contributed by atoms with van der Waals surface area (Å²) in [6.07, 6.45) is 2.98. The van der Waals surface area contributed by atoms with Crippen LogP contribution in [0.15, 0.2) is 42.6 Å².